The third-order valence-corrected chi connectivity index (χ3v) is 3.16. The van der Waals surface area contributed by atoms with Crippen LogP contribution in [0.25, 0.3) is 0 Å². The quantitative estimate of drug-likeness (QED) is 0.886. The van der Waals surface area contributed by atoms with Crippen molar-refractivity contribution in [1.29, 1.82) is 0 Å². The SMILES string of the molecule is CNC(=O)c1cc(N(C)c2ccccc2CN)ccn1. The number of hydrogen-bond donors (Lipinski definition) is 2. The molecule has 1 heterocycles. The van der Waals surface area contributed by atoms with Crippen molar-refractivity contribution in [2.45, 2.75) is 6.54 Å². The molecule has 2 rings (SSSR count). The molecule has 5 nitrogen and oxygen atoms in total. The predicted molar refractivity (Wildman–Crippen MR) is 80.0 cm³/mol. The van der Waals surface area contributed by atoms with Gasteiger partial charge in [0.1, 0.15) is 5.69 Å². The zero-order valence-corrected chi connectivity index (χ0v) is 11.6. The lowest BCUT2D eigenvalue weighted by Gasteiger charge is -2.22. The molecule has 0 saturated heterocycles. The van der Waals surface area contributed by atoms with Crippen LogP contribution in [0.4, 0.5) is 11.4 Å². The number of carbonyl (C=O) groups is 1. The molecule has 1 aromatic heterocycles. The molecule has 0 radical (unpaired) electrons. The van der Waals surface area contributed by atoms with Gasteiger partial charge in [-0.2, -0.15) is 0 Å². The average molecular weight is 270 g/mol. The number of amides is 1. The highest BCUT2D eigenvalue weighted by molar-refractivity contribution is 5.93. The Morgan fingerprint density at radius 1 is 1.35 bits per heavy atom. The second kappa shape index (κ2) is 6.16. The van der Waals surface area contributed by atoms with E-state index in [4.69, 9.17) is 5.73 Å². The largest absolute Gasteiger partial charge is 0.354 e. The molecule has 0 aliphatic carbocycles. The summed E-state index contributed by atoms with van der Waals surface area (Å²) >= 11 is 0. The predicted octanol–water partition coefficient (Wildman–Crippen LogP) is 1.67. The summed E-state index contributed by atoms with van der Waals surface area (Å²) in [4.78, 5) is 17.7. The molecule has 0 unspecified atom stereocenters. The van der Waals surface area contributed by atoms with Gasteiger partial charge in [-0.25, -0.2) is 0 Å². The van der Waals surface area contributed by atoms with E-state index >= 15 is 0 Å². The normalized spacial score (nSPS) is 10.2. The van der Waals surface area contributed by atoms with Crippen molar-refractivity contribution in [1.82, 2.24) is 10.3 Å². The van der Waals surface area contributed by atoms with Gasteiger partial charge in [0.25, 0.3) is 5.91 Å². The lowest BCUT2D eigenvalue weighted by atomic mass is 10.1. The van der Waals surface area contributed by atoms with Gasteiger partial charge in [-0.05, 0) is 23.8 Å². The number of hydrogen-bond acceptors (Lipinski definition) is 4. The van der Waals surface area contributed by atoms with Crippen molar-refractivity contribution in [3.8, 4) is 0 Å². The molecule has 3 N–H and O–H groups in total. The number of carbonyl (C=O) groups excluding carboxylic acids is 1. The molecule has 0 saturated carbocycles. The molecule has 0 aliphatic heterocycles. The third kappa shape index (κ3) is 2.78. The van der Waals surface area contributed by atoms with Crippen molar-refractivity contribution < 1.29 is 4.79 Å². The highest BCUT2D eigenvalue weighted by Crippen LogP contribution is 2.26. The van der Waals surface area contributed by atoms with Gasteiger partial charge in [-0.1, -0.05) is 18.2 Å². The second-order valence-corrected chi connectivity index (χ2v) is 4.37. The minimum absolute atomic E-state index is 0.202. The second-order valence-electron chi connectivity index (χ2n) is 4.37. The fraction of sp³-hybridized carbons (Fsp3) is 0.200. The molecule has 1 aromatic carbocycles. The Balaban J connectivity index is 2.38. The van der Waals surface area contributed by atoms with E-state index in [0.29, 0.717) is 12.2 Å². The first-order valence-corrected chi connectivity index (χ1v) is 6.37. The van der Waals surface area contributed by atoms with Crippen LogP contribution in [-0.4, -0.2) is 25.0 Å². The Morgan fingerprint density at radius 2 is 2.10 bits per heavy atom. The van der Waals surface area contributed by atoms with Crippen LogP contribution in [0.1, 0.15) is 16.1 Å². The van der Waals surface area contributed by atoms with Crippen LogP contribution >= 0.6 is 0 Å². The van der Waals surface area contributed by atoms with E-state index in [0.717, 1.165) is 16.9 Å². The van der Waals surface area contributed by atoms with Gasteiger partial charge in [0.2, 0.25) is 0 Å². The maximum absolute atomic E-state index is 11.6. The lowest BCUT2D eigenvalue weighted by Crippen LogP contribution is -2.20. The Morgan fingerprint density at radius 3 is 2.80 bits per heavy atom. The molecule has 0 bridgehead atoms. The number of benzene rings is 1. The van der Waals surface area contributed by atoms with E-state index in [-0.39, 0.29) is 5.91 Å². The number of nitrogens with zero attached hydrogens (tertiary/aromatic N) is 2. The molecule has 2 aromatic rings. The average Bonchev–Trinajstić information content (AvgIpc) is 2.53. The maximum Gasteiger partial charge on any atom is 0.269 e. The zero-order chi connectivity index (χ0) is 14.5. The molecular weight excluding hydrogens is 252 g/mol. The van der Waals surface area contributed by atoms with Gasteiger partial charge in [0, 0.05) is 38.2 Å². The minimum atomic E-state index is -0.202. The molecule has 20 heavy (non-hydrogen) atoms. The first-order chi connectivity index (χ1) is 9.67. The van der Waals surface area contributed by atoms with E-state index in [9.17, 15) is 4.79 Å². The summed E-state index contributed by atoms with van der Waals surface area (Å²) in [6.45, 7) is 0.466. The topological polar surface area (TPSA) is 71.2 Å². The standard InChI is InChI=1S/C15H18N4O/c1-17-15(20)13-9-12(7-8-18-13)19(2)14-6-4-3-5-11(14)10-16/h3-9H,10,16H2,1-2H3,(H,17,20). The van der Waals surface area contributed by atoms with Crippen molar-refractivity contribution >= 4 is 17.3 Å². The fourth-order valence-corrected chi connectivity index (χ4v) is 2.03. The van der Waals surface area contributed by atoms with Gasteiger partial charge in [0.05, 0.1) is 0 Å². The van der Waals surface area contributed by atoms with Gasteiger partial charge < -0.3 is 16.0 Å². The number of rotatable bonds is 4. The van der Waals surface area contributed by atoms with Crippen LogP contribution in [0.5, 0.6) is 0 Å². The minimum Gasteiger partial charge on any atom is -0.354 e. The first-order valence-electron chi connectivity index (χ1n) is 6.37. The van der Waals surface area contributed by atoms with Crippen molar-refractivity contribution in [3.63, 3.8) is 0 Å². The summed E-state index contributed by atoms with van der Waals surface area (Å²) < 4.78 is 0. The molecule has 5 heteroatoms. The van der Waals surface area contributed by atoms with E-state index in [1.165, 1.54) is 0 Å². The molecule has 1 amide bonds. The number of para-hydroxylation sites is 1. The van der Waals surface area contributed by atoms with Crippen LogP contribution in [-0.2, 0) is 6.54 Å². The number of anilines is 2. The first kappa shape index (κ1) is 14.0. The van der Waals surface area contributed by atoms with E-state index < -0.39 is 0 Å². The highest BCUT2D eigenvalue weighted by atomic mass is 16.1. The number of nitrogens with one attached hydrogen (secondary N) is 1. The smallest absolute Gasteiger partial charge is 0.269 e. The maximum atomic E-state index is 11.6. The Kier molecular flexibility index (Phi) is 4.32. The van der Waals surface area contributed by atoms with Gasteiger partial charge in [-0.15, -0.1) is 0 Å². The molecule has 0 spiro atoms. The van der Waals surface area contributed by atoms with Gasteiger partial charge in [-0.3, -0.25) is 9.78 Å². The van der Waals surface area contributed by atoms with Crippen LogP contribution in [0.3, 0.4) is 0 Å². The Hall–Kier alpha value is -2.40. The summed E-state index contributed by atoms with van der Waals surface area (Å²) in [6, 6.07) is 11.5. The fourth-order valence-electron chi connectivity index (χ4n) is 2.03. The zero-order valence-electron chi connectivity index (χ0n) is 11.6. The molecule has 0 aliphatic rings. The molecule has 0 fully saturated rings. The highest BCUT2D eigenvalue weighted by Gasteiger charge is 2.11. The van der Waals surface area contributed by atoms with Crippen LogP contribution in [0, 0.1) is 0 Å². The lowest BCUT2D eigenvalue weighted by molar-refractivity contribution is 0.0958. The monoisotopic (exact) mass is 270 g/mol. The van der Waals surface area contributed by atoms with E-state index in [1.54, 1.807) is 19.3 Å². The Labute approximate surface area is 118 Å². The summed E-state index contributed by atoms with van der Waals surface area (Å²) in [5, 5.41) is 2.57. The van der Waals surface area contributed by atoms with Crippen molar-refractivity contribution in [2.75, 3.05) is 19.0 Å². The van der Waals surface area contributed by atoms with E-state index in [1.807, 2.05) is 42.3 Å². The summed E-state index contributed by atoms with van der Waals surface area (Å²) in [5.41, 5.74) is 9.11. The van der Waals surface area contributed by atoms with Gasteiger partial charge in [0.15, 0.2) is 0 Å². The third-order valence-electron chi connectivity index (χ3n) is 3.16. The number of nitrogens with two attached hydrogens (primary N) is 1. The Bertz CT molecular complexity index is 612. The van der Waals surface area contributed by atoms with Crippen LogP contribution < -0.4 is 16.0 Å². The van der Waals surface area contributed by atoms with Crippen LogP contribution in [0.2, 0.25) is 0 Å². The van der Waals surface area contributed by atoms with Crippen molar-refractivity contribution in [2.24, 2.45) is 5.73 Å². The molecular formula is C15H18N4O. The van der Waals surface area contributed by atoms with Crippen molar-refractivity contribution in [3.05, 3.63) is 53.9 Å². The van der Waals surface area contributed by atoms with Gasteiger partial charge >= 0.3 is 0 Å². The molecule has 104 valence electrons. The summed E-state index contributed by atoms with van der Waals surface area (Å²) in [6.07, 6.45) is 1.63. The number of aromatic nitrogens is 1. The van der Waals surface area contributed by atoms with Crippen LogP contribution in [0.15, 0.2) is 42.6 Å². The number of pyridine rings is 1. The summed E-state index contributed by atoms with van der Waals surface area (Å²) in [7, 11) is 3.53. The molecule has 0 atom stereocenters. The summed E-state index contributed by atoms with van der Waals surface area (Å²) in [5.74, 6) is -0.202. The van der Waals surface area contributed by atoms with E-state index in [2.05, 4.69) is 10.3 Å².